The summed E-state index contributed by atoms with van der Waals surface area (Å²) in [5.41, 5.74) is 1.82. The predicted molar refractivity (Wildman–Crippen MR) is 126 cm³/mol. The number of methoxy groups -OCH3 is 1. The number of aromatic nitrogens is 2. The SMILES string of the molecule is COC[C@@H]1CCCN1CCCOc1ccc(-c2nn(C(C)C)c(=O)c3ccsc23)cc1. The molecule has 0 N–H and O–H groups in total. The fourth-order valence-corrected chi connectivity index (χ4v) is 5.15. The van der Waals surface area contributed by atoms with Crippen LogP contribution >= 0.6 is 11.3 Å². The smallest absolute Gasteiger partial charge is 0.275 e. The van der Waals surface area contributed by atoms with E-state index in [1.54, 1.807) is 23.1 Å². The Morgan fingerprint density at radius 3 is 2.77 bits per heavy atom. The van der Waals surface area contributed by atoms with Crippen molar-refractivity contribution in [3.05, 3.63) is 46.1 Å². The molecule has 166 valence electrons. The molecule has 6 nitrogen and oxygen atoms in total. The Balaban J connectivity index is 1.40. The molecule has 1 fully saturated rings. The minimum atomic E-state index is -0.0271. The third-order valence-corrected chi connectivity index (χ3v) is 6.78. The summed E-state index contributed by atoms with van der Waals surface area (Å²) in [6.45, 7) is 7.67. The van der Waals surface area contributed by atoms with E-state index in [1.165, 1.54) is 12.8 Å². The molecule has 0 radical (unpaired) electrons. The highest BCUT2D eigenvalue weighted by atomic mass is 32.1. The van der Waals surface area contributed by atoms with Crippen LogP contribution in [0.3, 0.4) is 0 Å². The van der Waals surface area contributed by atoms with Crippen molar-refractivity contribution in [1.82, 2.24) is 14.7 Å². The monoisotopic (exact) mass is 441 g/mol. The first-order valence-electron chi connectivity index (χ1n) is 11.0. The summed E-state index contributed by atoms with van der Waals surface area (Å²) in [5.74, 6) is 0.859. The van der Waals surface area contributed by atoms with Gasteiger partial charge >= 0.3 is 0 Å². The molecular weight excluding hydrogens is 410 g/mol. The Morgan fingerprint density at radius 1 is 1.23 bits per heavy atom. The third kappa shape index (κ3) is 4.84. The van der Waals surface area contributed by atoms with E-state index < -0.39 is 0 Å². The zero-order valence-corrected chi connectivity index (χ0v) is 19.4. The topological polar surface area (TPSA) is 56.6 Å². The normalized spacial score (nSPS) is 17.1. The van der Waals surface area contributed by atoms with Crippen LogP contribution in [0.25, 0.3) is 21.3 Å². The molecule has 1 aromatic carbocycles. The van der Waals surface area contributed by atoms with Gasteiger partial charge < -0.3 is 9.47 Å². The summed E-state index contributed by atoms with van der Waals surface area (Å²) < 4.78 is 13.8. The van der Waals surface area contributed by atoms with E-state index in [0.29, 0.717) is 12.6 Å². The van der Waals surface area contributed by atoms with Crippen molar-refractivity contribution in [3.8, 4) is 17.0 Å². The van der Waals surface area contributed by atoms with E-state index in [-0.39, 0.29) is 11.6 Å². The van der Waals surface area contributed by atoms with Crippen molar-refractivity contribution in [1.29, 1.82) is 0 Å². The van der Waals surface area contributed by atoms with Crippen LogP contribution in [-0.4, -0.2) is 54.1 Å². The Hall–Kier alpha value is -2.22. The number of thiophene rings is 1. The molecule has 31 heavy (non-hydrogen) atoms. The molecule has 2 aromatic heterocycles. The van der Waals surface area contributed by atoms with Gasteiger partial charge in [-0.2, -0.15) is 5.10 Å². The summed E-state index contributed by atoms with van der Waals surface area (Å²) in [7, 11) is 1.78. The molecule has 7 heteroatoms. The summed E-state index contributed by atoms with van der Waals surface area (Å²) in [4.78, 5) is 15.2. The van der Waals surface area contributed by atoms with Gasteiger partial charge in [-0.15, -0.1) is 11.3 Å². The molecule has 1 saturated heterocycles. The predicted octanol–water partition coefficient (Wildman–Crippen LogP) is 4.59. The van der Waals surface area contributed by atoms with Crippen LogP contribution < -0.4 is 10.3 Å². The maximum absolute atomic E-state index is 12.6. The van der Waals surface area contributed by atoms with Gasteiger partial charge in [-0.25, -0.2) is 4.68 Å². The standard InChI is InChI=1S/C24H31N3O3S/c1-17(2)27-24(28)21-11-15-31-23(21)22(25-27)18-7-9-20(10-8-18)30-14-5-13-26-12-4-6-19(26)16-29-3/h7-11,15,17,19H,4-6,12-14,16H2,1-3H3/t19-/m0/s1. The van der Waals surface area contributed by atoms with Crippen molar-refractivity contribution < 1.29 is 9.47 Å². The number of hydrogen-bond donors (Lipinski definition) is 0. The van der Waals surface area contributed by atoms with Crippen molar-refractivity contribution in [2.75, 3.05) is 33.4 Å². The molecule has 1 aliphatic heterocycles. The Bertz CT molecular complexity index is 1060. The molecule has 3 heterocycles. The van der Waals surface area contributed by atoms with E-state index >= 15 is 0 Å². The Labute approximate surface area is 187 Å². The van der Waals surface area contributed by atoms with E-state index in [9.17, 15) is 4.79 Å². The number of fused-ring (bicyclic) bond motifs is 1. The first kappa shape index (κ1) is 22.0. The van der Waals surface area contributed by atoms with Crippen LogP contribution in [-0.2, 0) is 4.74 Å². The summed E-state index contributed by atoms with van der Waals surface area (Å²) in [6, 6.07) is 10.5. The molecule has 1 atom stereocenters. The lowest BCUT2D eigenvalue weighted by Crippen LogP contribution is -2.34. The van der Waals surface area contributed by atoms with Crippen LogP contribution in [0.2, 0.25) is 0 Å². The molecule has 0 aliphatic carbocycles. The van der Waals surface area contributed by atoms with Gasteiger partial charge in [0.1, 0.15) is 11.4 Å². The largest absolute Gasteiger partial charge is 0.494 e. The second kappa shape index (κ2) is 9.94. The highest BCUT2D eigenvalue weighted by Crippen LogP contribution is 2.30. The van der Waals surface area contributed by atoms with E-state index in [2.05, 4.69) is 10.00 Å². The maximum atomic E-state index is 12.6. The molecule has 3 aromatic rings. The second-order valence-corrected chi connectivity index (χ2v) is 9.29. The number of rotatable bonds is 9. The average molecular weight is 442 g/mol. The summed E-state index contributed by atoms with van der Waals surface area (Å²) in [5, 5.41) is 7.36. The van der Waals surface area contributed by atoms with Gasteiger partial charge in [0.25, 0.3) is 5.56 Å². The minimum Gasteiger partial charge on any atom is -0.494 e. The number of benzene rings is 1. The summed E-state index contributed by atoms with van der Waals surface area (Å²) in [6.07, 6.45) is 3.48. The van der Waals surface area contributed by atoms with Crippen LogP contribution in [0.4, 0.5) is 0 Å². The molecule has 0 saturated carbocycles. The maximum Gasteiger partial charge on any atom is 0.275 e. The Kier molecular flexibility index (Phi) is 7.05. The zero-order chi connectivity index (χ0) is 21.8. The molecule has 1 aliphatic rings. The number of likely N-dealkylation sites (tertiary alicyclic amines) is 1. The number of hydrogen-bond acceptors (Lipinski definition) is 6. The van der Waals surface area contributed by atoms with Gasteiger partial charge in [-0.3, -0.25) is 9.69 Å². The van der Waals surface area contributed by atoms with E-state index in [4.69, 9.17) is 9.47 Å². The minimum absolute atomic E-state index is 0.0113. The fourth-order valence-electron chi connectivity index (χ4n) is 4.26. The first-order chi connectivity index (χ1) is 15.1. The van der Waals surface area contributed by atoms with Crippen molar-refractivity contribution in [2.45, 2.75) is 45.2 Å². The average Bonchev–Trinajstić information content (AvgIpc) is 3.42. The number of nitrogens with zero attached hydrogens (tertiary/aromatic N) is 3. The van der Waals surface area contributed by atoms with Crippen LogP contribution in [0.1, 0.15) is 39.2 Å². The van der Waals surface area contributed by atoms with Gasteiger partial charge in [0, 0.05) is 25.3 Å². The van der Waals surface area contributed by atoms with Gasteiger partial charge in [-0.05, 0) is 75.4 Å². The first-order valence-corrected chi connectivity index (χ1v) is 11.9. The van der Waals surface area contributed by atoms with Gasteiger partial charge in [-0.1, -0.05) is 0 Å². The number of ether oxygens (including phenoxy) is 2. The highest BCUT2D eigenvalue weighted by molar-refractivity contribution is 7.17. The van der Waals surface area contributed by atoms with Crippen molar-refractivity contribution in [3.63, 3.8) is 0 Å². The van der Waals surface area contributed by atoms with Gasteiger partial charge in [0.15, 0.2) is 0 Å². The molecule has 0 bridgehead atoms. The second-order valence-electron chi connectivity index (χ2n) is 8.37. The quantitative estimate of drug-likeness (QED) is 0.455. The lowest BCUT2D eigenvalue weighted by molar-refractivity contribution is 0.111. The summed E-state index contributed by atoms with van der Waals surface area (Å²) >= 11 is 1.56. The lowest BCUT2D eigenvalue weighted by Gasteiger charge is -2.23. The molecule has 4 rings (SSSR count). The fraction of sp³-hybridized carbons (Fsp3) is 0.500. The van der Waals surface area contributed by atoms with Crippen LogP contribution in [0, 0.1) is 0 Å². The molecule has 0 unspecified atom stereocenters. The molecule has 0 spiro atoms. The molecule has 0 amide bonds. The lowest BCUT2D eigenvalue weighted by atomic mass is 10.1. The van der Waals surface area contributed by atoms with Crippen LogP contribution in [0.15, 0.2) is 40.5 Å². The van der Waals surface area contributed by atoms with E-state index in [0.717, 1.165) is 53.2 Å². The van der Waals surface area contributed by atoms with Gasteiger partial charge in [0.2, 0.25) is 0 Å². The van der Waals surface area contributed by atoms with Gasteiger partial charge in [0.05, 0.1) is 29.3 Å². The Morgan fingerprint density at radius 2 is 2.03 bits per heavy atom. The highest BCUT2D eigenvalue weighted by Gasteiger charge is 2.23. The third-order valence-electron chi connectivity index (χ3n) is 5.86. The van der Waals surface area contributed by atoms with Crippen LogP contribution in [0.5, 0.6) is 5.75 Å². The zero-order valence-electron chi connectivity index (χ0n) is 18.5. The van der Waals surface area contributed by atoms with Crippen molar-refractivity contribution >= 4 is 21.4 Å². The van der Waals surface area contributed by atoms with E-state index in [1.807, 2.05) is 49.6 Å². The molecular formula is C24H31N3O3S. The van der Waals surface area contributed by atoms with Crippen molar-refractivity contribution in [2.24, 2.45) is 0 Å².